The van der Waals surface area contributed by atoms with Gasteiger partial charge in [0.2, 0.25) is 5.91 Å². The molecule has 2 N–H and O–H groups in total. The van der Waals surface area contributed by atoms with Gasteiger partial charge in [0.1, 0.15) is 15.8 Å². The molecule has 2 aromatic heterocycles. The molecule has 1 unspecified atom stereocenters. The molecule has 1 aliphatic heterocycles. The first kappa shape index (κ1) is 17.1. The van der Waals surface area contributed by atoms with Gasteiger partial charge in [-0.05, 0) is 43.1 Å². The predicted molar refractivity (Wildman–Crippen MR) is 100 cm³/mol. The number of carbonyl (C=O) groups excluding carboxylic acids is 1. The number of fused-ring (bicyclic) bond motifs is 1. The predicted octanol–water partition coefficient (Wildman–Crippen LogP) is 0.904. The first-order valence-electron chi connectivity index (χ1n) is 7.71. The zero-order valence-corrected chi connectivity index (χ0v) is 15.8. The summed E-state index contributed by atoms with van der Waals surface area (Å²) in [5.41, 5.74) is 6.67. The molecule has 0 aliphatic carbocycles. The molecule has 2 aromatic rings. The smallest absolute Gasteiger partial charge is 0.246 e. The standard InChI is InChI=1S/C15H20IN7O/c1-21(2)6-3-4-11(24)22-7-5-10(8-22)23-15-12(13(16)20-23)14(17)18-9-19-15/h3-4,9-10H,5-8H2,1-2H3,(H2,17,18,19). The van der Waals surface area contributed by atoms with Crippen molar-refractivity contribution in [3.8, 4) is 0 Å². The second-order valence-corrected chi connectivity index (χ2v) is 7.11. The molecule has 1 atom stereocenters. The molecule has 0 radical (unpaired) electrons. The van der Waals surface area contributed by atoms with Gasteiger partial charge in [-0.15, -0.1) is 0 Å². The lowest BCUT2D eigenvalue weighted by Crippen LogP contribution is -2.28. The van der Waals surface area contributed by atoms with E-state index in [0.717, 1.165) is 27.7 Å². The van der Waals surface area contributed by atoms with Crippen LogP contribution in [-0.4, -0.2) is 69.2 Å². The van der Waals surface area contributed by atoms with E-state index in [4.69, 9.17) is 5.73 Å². The molecule has 3 rings (SSSR count). The van der Waals surface area contributed by atoms with Gasteiger partial charge in [0.25, 0.3) is 0 Å². The van der Waals surface area contributed by atoms with Crippen LogP contribution in [0.1, 0.15) is 12.5 Å². The molecule has 1 amide bonds. The number of anilines is 1. The van der Waals surface area contributed by atoms with Crippen molar-refractivity contribution >= 4 is 45.3 Å². The zero-order valence-electron chi connectivity index (χ0n) is 13.7. The molecular formula is C15H20IN7O. The minimum atomic E-state index is 0.0413. The van der Waals surface area contributed by atoms with Crippen LogP contribution in [0.3, 0.4) is 0 Å². The highest BCUT2D eigenvalue weighted by Crippen LogP contribution is 2.29. The molecular weight excluding hydrogens is 421 g/mol. The summed E-state index contributed by atoms with van der Waals surface area (Å²) >= 11 is 2.15. The second-order valence-electron chi connectivity index (χ2n) is 6.08. The fourth-order valence-corrected chi connectivity index (χ4v) is 3.57. The topological polar surface area (TPSA) is 93.2 Å². The number of amides is 1. The summed E-state index contributed by atoms with van der Waals surface area (Å²) in [6.45, 7) is 2.09. The van der Waals surface area contributed by atoms with E-state index in [9.17, 15) is 4.79 Å². The summed E-state index contributed by atoms with van der Waals surface area (Å²) in [4.78, 5) is 24.5. The molecule has 1 saturated heterocycles. The van der Waals surface area contributed by atoms with Gasteiger partial charge in [0, 0.05) is 25.7 Å². The molecule has 3 heterocycles. The molecule has 128 valence electrons. The molecule has 24 heavy (non-hydrogen) atoms. The monoisotopic (exact) mass is 441 g/mol. The van der Waals surface area contributed by atoms with Crippen molar-refractivity contribution in [2.45, 2.75) is 12.5 Å². The van der Waals surface area contributed by atoms with Gasteiger partial charge in [-0.25, -0.2) is 14.6 Å². The number of aromatic nitrogens is 4. The number of hydrogen-bond acceptors (Lipinski definition) is 6. The molecule has 0 saturated carbocycles. The Morgan fingerprint density at radius 2 is 2.29 bits per heavy atom. The van der Waals surface area contributed by atoms with Crippen molar-refractivity contribution in [1.29, 1.82) is 0 Å². The Kier molecular flexibility index (Phi) is 4.99. The average molecular weight is 441 g/mol. The van der Waals surface area contributed by atoms with E-state index in [0.29, 0.717) is 18.9 Å². The van der Waals surface area contributed by atoms with E-state index in [1.54, 1.807) is 6.08 Å². The largest absolute Gasteiger partial charge is 0.383 e. The summed E-state index contributed by atoms with van der Waals surface area (Å²) in [5, 5.41) is 5.36. The Labute approximate surface area is 153 Å². The van der Waals surface area contributed by atoms with Crippen LogP contribution >= 0.6 is 22.6 Å². The summed E-state index contributed by atoms with van der Waals surface area (Å²) < 4.78 is 2.67. The summed E-state index contributed by atoms with van der Waals surface area (Å²) in [6, 6.07) is 0.108. The Bertz CT molecular complexity index is 785. The van der Waals surface area contributed by atoms with Crippen molar-refractivity contribution in [1.82, 2.24) is 29.5 Å². The highest BCUT2D eigenvalue weighted by molar-refractivity contribution is 14.1. The van der Waals surface area contributed by atoms with Gasteiger partial charge in [-0.3, -0.25) is 4.79 Å². The second kappa shape index (κ2) is 7.01. The van der Waals surface area contributed by atoms with Gasteiger partial charge in [0.15, 0.2) is 5.65 Å². The molecule has 0 bridgehead atoms. The maximum absolute atomic E-state index is 12.3. The van der Waals surface area contributed by atoms with E-state index in [1.807, 2.05) is 34.7 Å². The molecule has 0 spiro atoms. The van der Waals surface area contributed by atoms with Crippen LogP contribution in [0.25, 0.3) is 11.0 Å². The average Bonchev–Trinajstić information content (AvgIpc) is 3.12. The van der Waals surface area contributed by atoms with Crippen LogP contribution in [-0.2, 0) is 4.79 Å². The molecule has 0 aromatic carbocycles. The third-order valence-corrected chi connectivity index (χ3v) is 4.78. The first-order valence-corrected chi connectivity index (χ1v) is 8.79. The number of carbonyl (C=O) groups is 1. The Morgan fingerprint density at radius 1 is 1.50 bits per heavy atom. The molecule has 1 fully saturated rings. The third-order valence-electron chi connectivity index (χ3n) is 4.03. The lowest BCUT2D eigenvalue weighted by molar-refractivity contribution is -0.125. The lowest BCUT2D eigenvalue weighted by Gasteiger charge is -2.15. The quantitative estimate of drug-likeness (QED) is 0.560. The Balaban J connectivity index is 1.76. The molecule has 9 heteroatoms. The minimum absolute atomic E-state index is 0.0413. The number of hydrogen-bond donors (Lipinski definition) is 1. The SMILES string of the molecule is CN(C)CC=CC(=O)N1CCC(n2nc(I)c3c(N)ncnc32)C1. The van der Waals surface area contributed by atoms with Crippen LogP contribution in [0.5, 0.6) is 0 Å². The van der Waals surface area contributed by atoms with Gasteiger partial charge >= 0.3 is 0 Å². The lowest BCUT2D eigenvalue weighted by atomic mass is 10.2. The summed E-state index contributed by atoms with van der Waals surface area (Å²) in [7, 11) is 3.94. The zero-order chi connectivity index (χ0) is 17.3. The van der Waals surface area contributed by atoms with Crippen LogP contribution in [0.15, 0.2) is 18.5 Å². The molecule has 8 nitrogen and oxygen atoms in total. The number of rotatable bonds is 4. The van der Waals surface area contributed by atoms with Gasteiger partial charge in [-0.2, -0.15) is 5.10 Å². The fourth-order valence-electron chi connectivity index (χ4n) is 2.82. The van der Waals surface area contributed by atoms with Crippen molar-refractivity contribution in [3.05, 3.63) is 22.2 Å². The maximum atomic E-state index is 12.3. The maximum Gasteiger partial charge on any atom is 0.246 e. The molecule has 1 aliphatic rings. The van der Waals surface area contributed by atoms with Crippen molar-refractivity contribution in [2.75, 3.05) is 39.5 Å². The van der Waals surface area contributed by atoms with Gasteiger partial charge in [-0.1, -0.05) is 6.08 Å². The summed E-state index contributed by atoms with van der Waals surface area (Å²) in [6.07, 6.45) is 5.83. The van der Waals surface area contributed by atoms with Crippen LogP contribution in [0.4, 0.5) is 5.82 Å². The van der Waals surface area contributed by atoms with Crippen LogP contribution in [0, 0.1) is 3.70 Å². The van der Waals surface area contributed by atoms with E-state index in [2.05, 4.69) is 37.7 Å². The number of nitrogens with zero attached hydrogens (tertiary/aromatic N) is 6. The Hall–Kier alpha value is -1.75. The number of likely N-dealkylation sites (N-methyl/N-ethyl adjacent to an activating group) is 1. The van der Waals surface area contributed by atoms with Crippen molar-refractivity contribution in [2.24, 2.45) is 0 Å². The third kappa shape index (κ3) is 3.36. The van der Waals surface area contributed by atoms with Gasteiger partial charge < -0.3 is 15.5 Å². The Morgan fingerprint density at radius 3 is 3.04 bits per heavy atom. The number of nitrogens with two attached hydrogens (primary N) is 1. The summed E-state index contributed by atoms with van der Waals surface area (Å²) in [5.74, 6) is 0.479. The van der Waals surface area contributed by atoms with Crippen LogP contribution < -0.4 is 5.73 Å². The minimum Gasteiger partial charge on any atom is -0.383 e. The fraction of sp³-hybridized carbons (Fsp3) is 0.467. The van der Waals surface area contributed by atoms with Crippen molar-refractivity contribution < 1.29 is 4.79 Å². The van der Waals surface area contributed by atoms with Crippen molar-refractivity contribution in [3.63, 3.8) is 0 Å². The highest BCUT2D eigenvalue weighted by atomic mass is 127. The van der Waals surface area contributed by atoms with Crippen LogP contribution in [0.2, 0.25) is 0 Å². The highest BCUT2D eigenvalue weighted by Gasteiger charge is 2.29. The van der Waals surface area contributed by atoms with E-state index < -0.39 is 0 Å². The number of halogens is 1. The number of nitrogen functional groups attached to an aromatic ring is 1. The first-order chi connectivity index (χ1) is 11.5. The number of likely N-dealkylation sites (tertiary alicyclic amines) is 1. The van der Waals surface area contributed by atoms with E-state index in [1.165, 1.54) is 6.33 Å². The van der Waals surface area contributed by atoms with E-state index >= 15 is 0 Å². The normalized spacial score (nSPS) is 18.3. The van der Waals surface area contributed by atoms with Gasteiger partial charge in [0.05, 0.1) is 11.4 Å². The van der Waals surface area contributed by atoms with E-state index in [-0.39, 0.29) is 11.9 Å².